The number of nitrogens with zero attached hydrogens (tertiary/aromatic N) is 1. The molecular formula is C11H20N2S. The van der Waals surface area contributed by atoms with Crippen molar-refractivity contribution in [2.45, 2.75) is 33.1 Å². The Morgan fingerprint density at radius 1 is 1.57 bits per heavy atom. The van der Waals surface area contributed by atoms with Crippen LogP contribution in [0.5, 0.6) is 0 Å². The van der Waals surface area contributed by atoms with Crippen LogP contribution in [0.2, 0.25) is 0 Å². The molecule has 0 aromatic carbocycles. The number of nitrogens with one attached hydrogen (secondary N) is 1. The molecule has 1 heterocycles. The molecule has 1 aromatic rings. The van der Waals surface area contributed by atoms with Gasteiger partial charge < -0.3 is 5.32 Å². The molecule has 0 amide bonds. The highest BCUT2D eigenvalue weighted by Gasteiger charge is 2.23. The average Bonchev–Trinajstić information content (AvgIpc) is 2.57. The number of thiazole rings is 1. The molecule has 1 atom stereocenters. The summed E-state index contributed by atoms with van der Waals surface area (Å²) in [6.45, 7) is 5.69. The maximum atomic E-state index is 4.12. The van der Waals surface area contributed by atoms with Crippen LogP contribution in [0.15, 0.2) is 11.7 Å². The SMILES string of the molecule is CCCC(C)(CNC)Cc1cncs1. The second-order valence-corrected chi connectivity index (χ2v) is 5.21. The Morgan fingerprint density at radius 2 is 2.36 bits per heavy atom. The van der Waals surface area contributed by atoms with E-state index in [4.69, 9.17) is 0 Å². The van der Waals surface area contributed by atoms with E-state index in [1.165, 1.54) is 17.7 Å². The van der Waals surface area contributed by atoms with E-state index < -0.39 is 0 Å². The van der Waals surface area contributed by atoms with E-state index in [0.717, 1.165) is 13.0 Å². The zero-order chi connectivity index (χ0) is 10.4. The van der Waals surface area contributed by atoms with E-state index in [2.05, 4.69) is 24.1 Å². The van der Waals surface area contributed by atoms with E-state index >= 15 is 0 Å². The average molecular weight is 212 g/mol. The van der Waals surface area contributed by atoms with Crippen molar-refractivity contribution in [3.63, 3.8) is 0 Å². The van der Waals surface area contributed by atoms with Gasteiger partial charge in [-0.05, 0) is 25.3 Å². The standard InChI is InChI=1S/C11H20N2S/c1-4-5-11(2,8-12-3)6-10-7-13-9-14-10/h7,9,12H,4-6,8H2,1-3H3. The normalized spacial score (nSPS) is 15.4. The monoisotopic (exact) mass is 212 g/mol. The van der Waals surface area contributed by atoms with Crippen LogP contribution in [0.4, 0.5) is 0 Å². The Bertz CT molecular complexity index is 238. The van der Waals surface area contributed by atoms with Gasteiger partial charge in [-0.3, -0.25) is 4.98 Å². The zero-order valence-corrected chi connectivity index (χ0v) is 10.2. The molecule has 0 aliphatic heterocycles. The molecule has 0 fully saturated rings. The third-order valence-corrected chi connectivity index (χ3v) is 3.32. The molecule has 1 aromatic heterocycles. The van der Waals surface area contributed by atoms with Crippen LogP contribution in [0.25, 0.3) is 0 Å². The van der Waals surface area contributed by atoms with Crippen LogP contribution in [0.3, 0.4) is 0 Å². The molecule has 14 heavy (non-hydrogen) atoms. The Hall–Kier alpha value is -0.410. The van der Waals surface area contributed by atoms with Crippen molar-refractivity contribution >= 4 is 11.3 Å². The molecule has 0 saturated heterocycles. The maximum Gasteiger partial charge on any atom is 0.0794 e. The highest BCUT2D eigenvalue weighted by Crippen LogP contribution is 2.28. The van der Waals surface area contributed by atoms with E-state index in [-0.39, 0.29) is 0 Å². The summed E-state index contributed by atoms with van der Waals surface area (Å²) in [5.41, 5.74) is 2.30. The maximum absolute atomic E-state index is 4.12. The molecule has 1 unspecified atom stereocenters. The van der Waals surface area contributed by atoms with Gasteiger partial charge in [-0.2, -0.15) is 0 Å². The third-order valence-electron chi connectivity index (χ3n) is 2.54. The van der Waals surface area contributed by atoms with Crippen LogP contribution >= 0.6 is 11.3 Å². The lowest BCUT2D eigenvalue weighted by Crippen LogP contribution is -2.31. The lowest BCUT2D eigenvalue weighted by Gasteiger charge is -2.28. The molecule has 2 nitrogen and oxygen atoms in total. The molecule has 80 valence electrons. The van der Waals surface area contributed by atoms with Gasteiger partial charge in [0.2, 0.25) is 0 Å². The number of rotatable bonds is 6. The van der Waals surface area contributed by atoms with E-state index in [0.29, 0.717) is 5.41 Å². The lowest BCUT2D eigenvalue weighted by atomic mass is 9.82. The molecule has 0 radical (unpaired) electrons. The summed E-state index contributed by atoms with van der Waals surface area (Å²) < 4.78 is 0. The topological polar surface area (TPSA) is 24.9 Å². The van der Waals surface area contributed by atoms with Gasteiger partial charge >= 0.3 is 0 Å². The summed E-state index contributed by atoms with van der Waals surface area (Å²) in [5, 5.41) is 3.29. The van der Waals surface area contributed by atoms with Crippen LogP contribution in [0.1, 0.15) is 31.6 Å². The van der Waals surface area contributed by atoms with Crippen LogP contribution < -0.4 is 5.32 Å². The quantitative estimate of drug-likeness (QED) is 0.784. The van der Waals surface area contributed by atoms with Crippen molar-refractivity contribution in [3.8, 4) is 0 Å². The minimum absolute atomic E-state index is 0.385. The summed E-state index contributed by atoms with van der Waals surface area (Å²) in [5.74, 6) is 0. The van der Waals surface area contributed by atoms with Gasteiger partial charge in [0.15, 0.2) is 0 Å². The molecule has 0 saturated carbocycles. The van der Waals surface area contributed by atoms with Gasteiger partial charge in [-0.1, -0.05) is 20.3 Å². The first kappa shape index (κ1) is 11.7. The molecule has 1 rings (SSSR count). The summed E-state index contributed by atoms with van der Waals surface area (Å²) in [4.78, 5) is 5.52. The molecular weight excluding hydrogens is 192 g/mol. The number of hydrogen-bond donors (Lipinski definition) is 1. The largest absolute Gasteiger partial charge is 0.319 e. The fourth-order valence-corrected chi connectivity index (χ4v) is 2.83. The van der Waals surface area contributed by atoms with Crippen molar-refractivity contribution in [2.75, 3.05) is 13.6 Å². The summed E-state index contributed by atoms with van der Waals surface area (Å²) >= 11 is 1.76. The zero-order valence-electron chi connectivity index (χ0n) is 9.34. The molecule has 1 N–H and O–H groups in total. The van der Waals surface area contributed by atoms with Crippen molar-refractivity contribution < 1.29 is 0 Å². The third kappa shape index (κ3) is 3.39. The van der Waals surface area contributed by atoms with E-state index in [1.54, 1.807) is 11.3 Å². The highest BCUT2D eigenvalue weighted by atomic mass is 32.1. The fraction of sp³-hybridized carbons (Fsp3) is 0.727. The first-order valence-corrected chi connectivity index (χ1v) is 6.10. The Kier molecular flexibility index (Phi) is 4.55. The van der Waals surface area contributed by atoms with Gasteiger partial charge in [0.1, 0.15) is 0 Å². The molecule has 0 bridgehead atoms. The van der Waals surface area contributed by atoms with Gasteiger partial charge in [-0.15, -0.1) is 11.3 Å². The van der Waals surface area contributed by atoms with Gasteiger partial charge in [-0.25, -0.2) is 0 Å². The highest BCUT2D eigenvalue weighted by molar-refractivity contribution is 7.09. The lowest BCUT2D eigenvalue weighted by molar-refractivity contribution is 0.284. The van der Waals surface area contributed by atoms with Crippen LogP contribution in [-0.4, -0.2) is 18.6 Å². The molecule has 0 spiro atoms. The molecule has 3 heteroatoms. The van der Waals surface area contributed by atoms with Gasteiger partial charge in [0.05, 0.1) is 5.51 Å². The number of aromatic nitrogens is 1. The molecule has 0 aliphatic carbocycles. The van der Waals surface area contributed by atoms with Crippen molar-refractivity contribution in [1.29, 1.82) is 0 Å². The predicted molar refractivity (Wildman–Crippen MR) is 62.8 cm³/mol. The second-order valence-electron chi connectivity index (χ2n) is 4.24. The first-order chi connectivity index (χ1) is 6.70. The van der Waals surface area contributed by atoms with Gasteiger partial charge in [0.25, 0.3) is 0 Å². The Morgan fingerprint density at radius 3 is 2.86 bits per heavy atom. The van der Waals surface area contributed by atoms with Crippen molar-refractivity contribution in [2.24, 2.45) is 5.41 Å². The minimum Gasteiger partial charge on any atom is -0.319 e. The smallest absolute Gasteiger partial charge is 0.0794 e. The Balaban J connectivity index is 2.58. The van der Waals surface area contributed by atoms with E-state index in [9.17, 15) is 0 Å². The minimum atomic E-state index is 0.385. The van der Waals surface area contributed by atoms with Crippen LogP contribution in [0, 0.1) is 5.41 Å². The summed E-state index contributed by atoms with van der Waals surface area (Å²) in [6, 6.07) is 0. The van der Waals surface area contributed by atoms with Gasteiger partial charge in [0, 0.05) is 17.6 Å². The fourth-order valence-electron chi connectivity index (χ4n) is 2.02. The summed E-state index contributed by atoms with van der Waals surface area (Å²) in [7, 11) is 2.03. The van der Waals surface area contributed by atoms with E-state index in [1.807, 2.05) is 18.8 Å². The summed E-state index contributed by atoms with van der Waals surface area (Å²) in [6.07, 6.45) is 5.66. The van der Waals surface area contributed by atoms with Crippen LogP contribution in [-0.2, 0) is 6.42 Å². The first-order valence-electron chi connectivity index (χ1n) is 5.22. The second kappa shape index (κ2) is 5.47. The van der Waals surface area contributed by atoms with Crippen molar-refractivity contribution in [1.82, 2.24) is 10.3 Å². The number of hydrogen-bond acceptors (Lipinski definition) is 3. The Labute approximate surface area is 90.8 Å². The predicted octanol–water partition coefficient (Wildman–Crippen LogP) is 2.71. The van der Waals surface area contributed by atoms with Crippen molar-refractivity contribution in [3.05, 3.63) is 16.6 Å². The molecule has 0 aliphatic rings.